The van der Waals surface area contributed by atoms with E-state index in [1.807, 2.05) is 0 Å². The molecule has 0 aromatic heterocycles. The Bertz CT molecular complexity index is 1070. The zero-order chi connectivity index (χ0) is 30.9. The van der Waals surface area contributed by atoms with Crippen molar-refractivity contribution in [2.75, 3.05) is 0 Å². The van der Waals surface area contributed by atoms with Crippen molar-refractivity contribution in [3.63, 3.8) is 0 Å². The van der Waals surface area contributed by atoms with E-state index in [1.54, 1.807) is 103 Å². The summed E-state index contributed by atoms with van der Waals surface area (Å²) in [6.45, 7) is 0. The maximum Gasteiger partial charge on any atom is 0.0621 e. The van der Waals surface area contributed by atoms with E-state index in [0.29, 0.717) is 12.2 Å². The lowest BCUT2D eigenvalue weighted by molar-refractivity contribution is -0.0850. The van der Waals surface area contributed by atoms with Gasteiger partial charge in [-0.1, -0.05) is 83.5 Å². The van der Waals surface area contributed by atoms with Crippen LogP contribution in [0.1, 0.15) is 173 Å². The third-order valence-corrected chi connectivity index (χ3v) is 19.9. The maximum atomic E-state index is 6.88. The first-order valence-corrected chi connectivity index (χ1v) is 23.3. The Kier molecular flexibility index (Phi) is 9.30. The van der Waals surface area contributed by atoms with E-state index in [2.05, 4.69) is 16.7 Å². The second kappa shape index (κ2) is 13.7. The SMILES string of the molecule is C1CCC(N(C2CCCC(C3CCCC4C5CCC6OC7CCCCC7C6C5SC34)C2)C2CC3CCCCC3C3CCCCC32)CC1. The van der Waals surface area contributed by atoms with Crippen molar-refractivity contribution in [1.82, 2.24) is 4.90 Å². The zero-order valence-electron chi connectivity index (χ0n) is 30.2. The molecule has 0 amide bonds. The minimum atomic E-state index is 0.626. The fourth-order valence-electron chi connectivity index (χ4n) is 16.3. The first-order chi connectivity index (χ1) is 23.3. The van der Waals surface area contributed by atoms with Crippen LogP contribution in [0.5, 0.6) is 0 Å². The smallest absolute Gasteiger partial charge is 0.0621 e. The van der Waals surface area contributed by atoms with Crippen LogP contribution in [0.3, 0.4) is 0 Å². The molecule has 8 saturated carbocycles. The standard InChI is InChI=1S/C44H71NOS/c1-2-14-30(15-3-1)45(39-27-29-12-4-5-17-32(29)34-18-6-7-19-35(34)39)31-16-10-13-28(26-31)33-21-11-22-36-37-24-25-41-42(44(37)47-43(33)36)38-20-8-9-23-40(38)46-41/h28-44H,1-27H2. The highest BCUT2D eigenvalue weighted by Gasteiger charge is 2.60. The molecule has 16 atom stereocenters. The summed E-state index contributed by atoms with van der Waals surface area (Å²) < 4.78 is 6.88. The van der Waals surface area contributed by atoms with Gasteiger partial charge in [0.05, 0.1) is 12.2 Å². The topological polar surface area (TPSA) is 12.5 Å². The van der Waals surface area contributed by atoms with Crippen LogP contribution in [-0.4, -0.2) is 45.7 Å². The molecule has 0 bridgehead atoms. The fraction of sp³-hybridized carbons (Fsp3) is 1.00. The Morgan fingerprint density at radius 3 is 1.89 bits per heavy atom. The summed E-state index contributed by atoms with van der Waals surface area (Å²) in [5, 5.41) is 1.94. The van der Waals surface area contributed by atoms with Gasteiger partial charge < -0.3 is 4.74 Å². The highest BCUT2D eigenvalue weighted by Crippen LogP contribution is 2.64. The monoisotopic (exact) mass is 662 g/mol. The zero-order valence-corrected chi connectivity index (χ0v) is 31.0. The molecule has 10 fully saturated rings. The molecule has 3 heteroatoms. The van der Waals surface area contributed by atoms with Crippen molar-refractivity contribution in [2.45, 2.75) is 214 Å². The molecule has 0 spiro atoms. The number of thioether (sulfide) groups is 1. The molecule has 2 heterocycles. The molecule has 0 N–H and O–H groups in total. The summed E-state index contributed by atoms with van der Waals surface area (Å²) in [6, 6.07) is 2.78. The molecule has 47 heavy (non-hydrogen) atoms. The predicted octanol–water partition coefficient (Wildman–Crippen LogP) is 11.4. The number of hydrogen-bond donors (Lipinski definition) is 0. The van der Waals surface area contributed by atoms with Crippen molar-refractivity contribution >= 4 is 11.8 Å². The largest absolute Gasteiger partial charge is 0.374 e. The Morgan fingerprint density at radius 2 is 1.00 bits per heavy atom. The Balaban J connectivity index is 0.903. The second-order valence-corrected chi connectivity index (χ2v) is 21.1. The molecule has 2 saturated heterocycles. The molecular weight excluding hydrogens is 591 g/mol. The van der Waals surface area contributed by atoms with Crippen LogP contribution in [0.25, 0.3) is 0 Å². The number of fused-ring (bicyclic) bond motifs is 10. The summed E-state index contributed by atoms with van der Waals surface area (Å²) in [7, 11) is 0. The van der Waals surface area contributed by atoms with Gasteiger partial charge in [0.25, 0.3) is 0 Å². The van der Waals surface area contributed by atoms with Crippen LogP contribution in [0, 0.1) is 59.2 Å². The van der Waals surface area contributed by atoms with E-state index >= 15 is 0 Å². The summed E-state index contributed by atoms with van der Waals surface area (Å²) in [5.41, 5.74) is 0. The molecule has 2 aliphatic heterocycles. The number of rotatable bonds is 4. The number of nitrogens with zero attached hydrogens (tertiary/aromatic N) is 1. The van der Waals surface area contributed by atoms with Gasteiger partial charge in [0.1, 0.15) is 0 Å². The first kappa shape index (κ1) is 32.0. The molecular formula is C44H71NOS. The van der Waals surface area contributed by atoms with E-state index in [1.165, 1.54) is 70.6 Å². The van der Waals surface area contributed by atoms with E-state index in [0.717, 1.165) is 87.8 Å². The fourth-order valence-corrected chi connectivity index (χ4v) is 18.8. The van der Waals surface area contributed by atoms with Gasteiger partial charge in [-0.3, -0.25) is 4.90 Å². The van der Waals surface area contributed by atoms with Gasteiger partial charge in [-0.05, 0) is 143 Å². The summed E-state index contributed by atoms with van der Waals surface area (Å²) >= 11 is 2.61. The third-order valence-electron chi connectivity index (χ3n) is 17.9. The summed E-state index contributed by atoms with van der Waals surface area (Å²) in [4.78, 5) is 3.44. The molecule has 10 aliphatic rings. The van der Waals surface area contributed by atoms with Crippen molar-refractivity contribution < 1.29 is 4.74 Å². The molecule has 264 valence electrons. The lowest BCUT2D eigenvalue weighted by atomic mass is 9.55. The van der Waals surface area contributed by atoms with Crippen LogP contribution in [0.2, 0.25) is 0 Å². The highest BCUT2D eigenvalue weighted by molar-refractivity contribution is 8.00. The third kappa shape index (κ3) is 5.69. The first-order valence-electron chi connectivity index (χ1n) is 22.4. The van der Waals surface area contributed by atoms with Gasteiger partial charge >= 0.3 is 0 Å². The van der Waals surface area contributed by atoms with Crippen LogP contribution >= 0.6 is 11.8 Å². The quantitative estimate of drug-likeness (QED) is 0.297. The molecule has 0 aromatic rings. The van der Waals surface area contributed by atoms with Gasteiger partial charge in [-0.15, -0.1) is 0 Å². The minimum Gasteiger partial charge on any atom is -0.374 e. The lowest BCUT2D eigenvalue weighted by Gasteiger charge is -2.58. The molecule has 2 nitrogen and oxygen atoms in total. The average Bonchev–Trinajstić information content (AvgIpc) is 3.71. The number of ether oxygens (including phenoxy) is 1. The van der Waals surface area contributed by atoms with Gasteiger partial charge in [0, 0.05) is 34.5 Å². The molecule has 16 unspecified atom stereocenters. The van der Waals surface area contributed by atoms with Gasteiger partial charge in [-0.25, -0.2) is 0 Å². The molecule has 8 aliphatic carbocycles. The van der Waals surface area contributed by atoms with E-state index in [-0.39, 0.29) is 0 Å². The van der Waals surface area contributed by atoms with Gasteiger partial charge in [0.15, 0.2) is 0 Å². The van der Waals surface area contributed by atoms with Crippen molar-refractivity contribution in [1.29, 1.82) is 0 Å². The van der Waals surface area contributed by atoms with E-state index in [4.69, 9.17) is 4.74 Å². The van der Waals surface area contributed by atoms with Gasteiger partial charge in [-0.2, -0.15) is 11.8 Å². The van der Waals surface area contributed by atoms with Crippen LogP contribution in [0.4, 0.5) is 0 Å². The summed E-state index contributed by atoms with van der Waals surface area (Å²) in [6.07, 6.45) is 42.6. The lowest BCUT2D eigenvalue weighted by Crippen LogP contribution is -2.59. The van der Waals surface area contributed by atoms with Gasteiger partial charge in [0.2, 0.25) is 0 Å². The van der Waals surface area contributed by atoms with Crippen LogP contribution in [0.15, 0.2) is 0 Å². The normalized spacial score (nSPS) is 53.3. The van der Waals surface area contributed by atoms with Crippen LogP contribution < -0.4 is 0 Å². The Hall–Kier alpha value is 0.270. The number of hydrogen-bond acceptors (Lipinski definition) is 3. The maximum absolute atomic E-state index is 6.88. The Labute approximate surface area is 293 Å². The Morgan fingerprint density at radius 1 is 0.383 bits per heavy atom. The average molecular weight is 662 g/mol. The van der Waals surface area contributed by atoms with Crippen molar-refractivity contribution in [2.24, 2.45) is 59.2 Å². The van der Waals surface area contributed by atoms with Crippen LogP contribution in [-0.2, 0) is 4.74 Å². The predicted molar refractivity (Wildman–Crippen MR) is 197 cm³/mol. The molecule has 10 rings (SSSR count). The van der Waals surface area contributed by atoms with E-state index < -0.39 is 0 Å². The second-order valence-electron chi connectivity index (χ2n) is 19.7. The summed E-state index contributed by atoms with van der Waals surface area (Å²) in [5.74, 6) is 10.3. The minimum absolute atomic E-state index is 0.626. The molecule has 0 radical (unpaired) electrons. The molecule has 0 aromatic carbocycles. The van der Waals surface area contributed by atoms with Crippen molar-refractivity contribution in [3.8, 4) is 0 Å². The van der Waals surface area contributed by atoms with E-state index in [9.17, 15) is 0 Å². The van der Waals surface area contributed by atoms with Crippen molar-refractivity contribution in [3.05, 3.63) is 0 Å². The highest BCUT2D eigenvalue weighted by atomic mass is 32.2.